The van der Waals surface area contributed by atoms with E-state index in [2.05, 4.69) is 5.32 Å². The Hall–Kier alpha value is -5.06. The van der Waals surface area contributed by atoms with Crippen molar-refractivity contribution in [2.45, 2.75) is 49.9 Å². The Morgan fingerprint density at radius 2 is 1.46 bits per heavy atom. The maximum Gasteiger partial charge on any atom is 0.261 e. The van der Waals surface area contributed by atoms with E-state index >= 15 is 0 Å². The van der Waals surface area contributed by atoms with Crippen LogP contribution in [0.25, 0.3) is 11.1 Å². The molecule has 2 aliphatic rings. The molecule has 0 aromatic heterocycles. The van der Waals surface area contributed by atoms with Crippen molar-refractivity contribution in [1.82, 2.24) is 4.90 Å². The van der Waals surface area contributed by atoms with E-state index in [1.807, 2.05) is 97.1 Å². The minimum atomic E-state index is -0.590. The monoisotopic (exact) mass is 684 g/mol. The fourth-order valence-electron chi connectivity index (χ4n) is 6.30. The second kappa shape index (κ2) is 14.8. The predicted octanol–water partition coefficient (Wildman–Crippen LogP) is 7.94. The summed E-state index contributed by atoms with van der Waals surface area (Å²) in [6, 6.07) is 38.5. The lowest BCUT2D eigenvalue weighted by Gasteiger charge is -2.36. The van der Waals surface area contributed by atoms with Gasteiger partial charge in [0.15, 0.2) is 6.29 Å². The Morgan fingerprint density at radius 1 is 0.780 bits per heavy atom. The molecule has 5 aromatic carbocycles. The van der Waals surface area contributed by atoms with Gasteiger partial charge >= 0.3 is 0 Å². The number of aliphatic hydroxyl groups excluding tert-OH is 1. The molecule has 2 heterocycles. The van der Waals surface area contributed by atoms with Crippen LogP contribution in [0.1, 0.15) is 68.7 Å². The van der Waals surface area contributed by atoms with Gasteiger partial charge in [-0.3, -0.25) is 19.3 Å². The molecule has 2 N–H and O–H groups in total. The van der Waals surface area contributed by atoms with Crippen molar-refractivity contribution < 1.29 is 29.0 Å². The number of rotatable bonds is 10. The van der Waals surface area contributed by atoms with Gasteiger partial charge < -0.3 is 19.9 Å². The van der Waals surface area contributed by atoms with Gasteiger partial charge in [-0.05, 0) is 70.3 Å². The van der Waals surface area contributed by atoms with Crippen LogP contribution in [0.15, 0.2) is 126 Å². The fourth-order valence-corrected chi connectivity index (χ4v) is 7.22. The van der Waals surface area contributed by atoms with Gasteiger partial charge in [-0.25, -0.2) is 0 Å². The van der Waals surface area contributed by atoms with Gasteiger partial charge in [0.05, 0.1) is 36.5 Å². The van der Waals surface area contributed by atoms with Crippen LogP contribution in [0.3, 0.4) is 0 Å². The number of benzene rings is 5. The smallest absolute Gasteiger partial charge is 0.261 e. The van der Waals surface area contributed by atoms with E-state index < -0.39 is 6.29 Å². The van der Waals surface area contributed by atoms with E-state index in [0.29, 0.717) is 23.3 Å². The second-order valence-electron chi connectivity index (χ2n) is 12.4. The Labute approximate surface area is 295 Å². The second-order valence-corrected chi connectivity index (χ2v) is 13.5. The van der Waals surface area contributed by atoms with Crippen molar-refractivity contribution in [3.05, 3.63) is 155 Å². The van der Waals surface area contributed by atoms with Crippen LogP contribution in [0.4, 0.5) is 5.69 Å². The molecule has 3 amide bonds. The first-order chi connectivity index (χ1) is 24.3. The third kappa shape index (κ3) is 7.41. The number of carbonyl (C=O) groups is 3. The number of imide groups is 1. The number of nitrogens with zero attached hydrogens (tertiary/aromatic N) is 1. The molecule has 50 heavy (non-hydrogen) atoms. The van der Waals surface area contributed by atoms with E-state index in [9.17, 15) is 19.5 Å². The normalized spacial score (nSPS) is 18.6. The molecule has 1 fully saturated rings. The van der Waals surface area contributed by atoms with Gasteiger partial charge in [0, 0.05) is 35.2 Å². The van der Waals surface area contributed by atoms with Crippen molar-refractivity contribution in [3.8, 4) is 11.1 Å². The van der Waals surface area contributed by atoms with Crippen LogP contribution in [-0.2, 0) is 27.4 Å². The Morgan fingerprint density at radius 3 is 2.12 bits per heavy atom. The Bertz CT molecular complexity index is 1980. The van der Waals surface area contributed by atoms with Crippen LogP contribution in [0.2, 0.25) is 0 Å². The number of hydrogen-bond donors (Lipinski definition) is 2. The summed E-state index contributed by atoms with van der Waals surface area (Å²) in [6.07, 6.45) is -0.222. The van der Waals surface area contributed by atoms with Crippen molar-refractivity contribution in [2.75, 3.05) is 11.1 Å². The summed E-state index contributed by atoms with van der Waals surface area (Å²) in [5.41, 5.74) is 7.22. The molecule has 0 unspecified atom stereocenters. The molecule has 0 radical (unpaired) electrons. The number of hydrogen-bond acceptors (Lipinski definition) is 7. The van der Waals surface area contributed by atoms with Crippen LogP contribution in [0.5, 0.6) is 0 Å². The number of carbonyl (C=O) groups excluding carboxylic acids is 3. The molecule has 0 spiro atoms. The lowest BCUT2D eigenvalue weighted by atomic mass is 9.99. The highest BCUT2D eigenvalue weighted by molar-refractivity contribution is 7.99. The zero-order chi connectivity index (χ0) is 34.6. The van der Waals surface area contributed by atoms with E-state index in [0.717, 1.165) is 44.0 Å². The quantitative estimate of drug-likeness (QED) is 0.114. The molecule has 0 saturated carbocycles. The highest BCUT2D eigenvalue weighted by Crippen LogP contribution is 2.40. The molecule has 1 saturated heterocycles. The standard InChI is InChI=1S/C41H36N2O6S/c1-26(45)42-33-17-19-35(20-18-33)50-25-34-22-38(30-11-9-27(24-44)10-12-30)49-41(48-34)31-15-13-29(14-16-31)32-6-4-5-28(21-32)23-43-39(46)36-7-2-3-8-37(36)40(43)47/h2-21,34,38,41,44H,22-25H2,1H3,(H,42,45)/t34-,38+,41+/m1/s1. The molecular weight excluding hydrogens is 649 g/mol. The maximum absolute atomic E-state index is 12.9. The van der Waals surface area contributed by atoms with Crippen LogP contribution < -0.4 is 5.32 Å². The van der Waals surface area contributed by atoms with Crippen molar-refractivity contribution in [2.24, 2.45) is 0 Å². The highest BCUT2D eigenvalue weighted by Gasteiger charge is 2.35. The van der Waals surface area contributed by atoms with Gasteiger partial charge in [0.2, 0.25) is 5.91 Å². The van der Waals surface area contributed by atoms with Gasteiger partial charge in [-0.2, -0.15) is 0 Å². The number of thioether (sulfide) groups is 1. The number of fused-ring (bicyclic) bond motifs is 1. The van der Waals surface area contributed by atoms with E-state index in [-0.39, 0.29) is 43.1 Å². The maximum atomic E-state index is 12.9. The van der Waals surface area contributed by atoms with Crippen molar-refractivity contribution >= 4 is 35.2 Å². The first-order valence-electron chi connectivity index (χ1n) is 16.5. The molecule has 5 aromatic rings. The zero-order valence-electron chi connectivity index (χ0n) is 27.5. The van der Waals surface area contributed by atoms with E-state index in [1.54, 1.807) is 36.0 Å². The summed E-state index contributed by atoms with van der Waals surface area (Å²) in [4.78, 5) is 39.6. The first kappa shape index (κ1) is 33.4. The molecule has 3 atom stereocenters. The summed E-state index contributed by atoms with van der Waals surface area (Å²) in [5, 5.41) is 12.3. The number of amides is 3. The topological polar surface area (TPSA) is 105 Å². The largest absolute Gasteiger partial charge is 0.392 e. The molecule has 8 nitrogen and oxygen atoms in total. The van der Waals surface area contributed by atoms with Gasteiger partial charge in [0.25, 0.3) is 11.8 Å². The number of aliphatic hydroxyl groups is 1. The first-order valence-corrected chi connectivity index (χ1v) is 17.5. The number of nitrogens with one attached hydrogen (secondary N) is 1. The number of anilines is 1. The van der Waals surface area contributed by atoms with Crippen LogP contribution in [-0.4, -0.2) is 39.6 Å². The lowest BCUT2D eigenvalue weighted by Crippen LogP contribution is -2.31. The molecule has 7 rings (SSSR count). The Kier molecular flexibility index (Phi) is 9.91. The molecule has 0 bridgehead atoms. The molecular formula is C41H36N2O6S. The number of ether oxygens (including phenoxy) is 2. The minimum absolute atomic E-state index is 0.0183. The van der Waals surface area contributed by atoms with Gasteiger partial charge in [0.1, 0.15) is 0 Å². The summed E-state index contributed by atoms with van der Waals surface area (Å²) < 4.78 is 13.1. The summed E-state index contributed by atoms with van der Waals surface area (Å²) in [7, 11) is 0. The zero-order valence-corrected chi connectivity index (χ0v) is 28.3. The fraction of sp³-hybridized carbons (Fsp3) is 0.195. The molecule has 252 valence electrons. The third-order valence-electron chi connectivity index (χ3n) is 8.89. The summed E-state index contributed by atoms with van der Waals surface area (Å²) >= 11 is 1.69. The lowest BCUT2D eigenvalue weighted by molar-refractivity contribution is -0.245. The molecule has 0 aliphatic carbocycles. The van der Waals surface area contributed by atoms with Crippen molar-refractivity contribution in [1.29, 1.82) is 0 Å². The SMILES string of the molecule is CC(=O)Nc1ccc(SC[C@H]2C[C@@H](c3ccc(CO)cc3)O[C@@H](c3ccc(-c4cccc(CN5C(=O)c6ccccc6C5=O)c4)cc3)O2)cc1. The highest BCUT2D eigenvalue weighted by atomic mass is 32.2. The van der Waals surface area contributed by atoms with Crippen LogP contribution in [0, 0.1) is 0 Å². The van der Waals surface area contributed by atoms with E-state index in [1.165, 1.54) is 11.8 Å². The predicted molar refractivity (Wildman–Crippen MR) is 192 cm³/mol. The average Bonchev–Trinajstić information content (AvgIpc) is 3.39. The van der Waals surface area contributed by atoms with Crippen molar-refractivity contribution in [3.63, 3.8) is 0 Å². The van der Waals surface area contributed by atoms with Gasteiger partial charge in [-0.1, -0.05) is 78.9 Å². The molecule has 9 heteroatoms. The summed E-state index contributed by atoms with van der Waals surface area (Å²) in [6.45, 7) is 1.67. The minimum Gasteiger partial charge on any atom is -0.392 e. The molecule has 2 aliphatic heterocycles. The van der Waals surface area contributed by atoms with Gasteiger partial charge in [-0.15, -0.1) is 11.8 Å². The van der Waals surface area contributed by atoms with E-state index in [4.69, 9.17) is 9.47 Å². The third-order valence-corrected chi connectivity index (χ3v) is 10.0. The summed E-state index contributed by atoms with van der Waals surface area (Å²) in [5.74, 6) is 0.0630. The average molecular weight is 685 g/mol. The Balaban J connectivity index is 1.06. The van der Waals surface area contributed by atoms with Crippen LogP contribution >= 0.6 is 11.8 Å².